The fourth-order valence-electron chi connectivity index (χ4n) is 5.24. The Bertz CT molecular complexity index is 715. The van der Waals surface area contributed by atoms with Crippen LogP contribution in [-0.2, 0) is 27.5 Å². The third kappa shape index (κ3) is 3.91. The highest BCUT2D eigenvalue weighted by Crippen LogP contribution is 2.30. The van der Waals surface area contributed by atoms with E-state index in [-0.39, 0.29) is 11.8 Å². The molecular formula is C19H29N5O4. The predicted octanol–water partition coefficient (Wildman–Crippen LogP) is -2.29. The number of carboxylic acids is 1. The molecule has 4 saturated heterocycles. The number of nitrogens with one attached hydrogen (secondary N) is 1. The second-order valence-corrected chi connectivity index (χ2v) is 8.48. The maximum atomic E-state index is 13.1. The first-order chi connectivity index (χ1) is 13.5. The van der Waals surface area contributed by atoms with Crippen LogP contribution >= 0.6 is 0 Å². The number of carboxylic acid groups (broad SMARTS) is 1. The summed E-state index contributed by atoms with van der Waals surface area (Å²) in [4.78, 5) is 27.5. The number of fused-ring (bicyclic) bond motifs is 3. The summed E-state index contributed by atoms with van der Waals surface area (Å²) in [7, 11) is 1.65. The van der Waals surface area contributed by atoms with Gasteiger partial charge in [0.15, 0.2) is 0 Å². The van der Waals surface area contributed by atoms with Crippen molar-refractivity contribution < 1.29 is 24.3 Å². The second-order valence-electron chi connectivity index (χ2n) is 8.48. The summed E-state index contributed by atoms with van der Waals surface area (Å²) in [5, 5.41) is 19.4. The van der Waals surface area contributed by atoms with Gasteiger partial charge >= 0.3 is 0 Å². The van der Waals surface area contributed by atoms with E-state index in [1.54, 1.807) is 7.11 Å². The van der Waals surface area contributed by atoms with Crippen molar-refractivity contribution in [2.45, 2.75) is 44.9 Å². The smallest absolute Gasteiger partial charge is 0.231 e. The molecule has 4 atom stereocenters. The number of aliphatic carboxylic acids is 1. The van der Waals surface area contributed by atoms with Crippen molar-refractivity contribution in [1.29, 1.82) is 0 Å². The first kappa shape index (κ1) is 19.3. The number of carbonyl (C=O) groups is 2. The summed E-state index contributed by atoms with van der Waals surface area (Å²) in [6, 6.07) is 0.462. The quantitative estimate of drug-likeness (QED) is 0.585. The van der Waals surface area contributed by atoms with Gasteiger partial charge in [-0.05, 0) is 18.8 Å². The van der Waals surface area contributed by atoms with Gasteiger partial charge in [0.05, 0.1) is 38.4 Å². The number of piperidine rings is 4. The van der Waals surface area contributed by atoms with Gasteiger partial charge in [0, 0.05) is 44.9 Å². The molecule has 1 aromatic rings. The number of amides is 1. The van der Waals surface area contributed by atoms with Gasteiger partial charge in [0.25, 0.3) is 0 Å². The van der Waals surface area contributed by atoms with Gasteiger partial charge in [-0.3, -0.25) is 4.79 Å². The summed E-state index contributed by atoms with van der Waals surface area (Å²) in [6.45, 7) is 4.34. The number of rotatable bonds is 6. The lowest BCUT2D eigenvalue weighted by atomic mass is 9.74. The van der Waals surface area contributed by atoms with E-state index >= 15 is 0 Å². The number of likely N-dealkylation sites (tertiary alicyclic amines) is 1. The van der Waals surface area contributed by atoms with E-state index in [0.717, 1.165) is 38.2 Å². The number of methoxy groups -OCH3 is 1. The summed E-state index contributed by atoms with van der Waals surface area (Å²) in [6.07, 6.45) is 5.09. The van der Waals surface area contributed by atoms with E-state index in [4.69, 9.17) is 4.74 Å². The summed E-state index contributed by atoms with van der Waals surface area (Å²) >= 11 is 0. The molecular weight excluding hydrogens is 362 g/mol. The number of hydrogen-bond donors (Lipinski definition) is 1. The standard InChI is InChI=1S/C19H29N5O4/c1-28-12-15-9-24(21-20-15)10-16-8-14-4-7-23(16)11-17(14)18(25)22-5-2-13(3-6-22)19(26)27/h9,13-14,16-17H,2-8,10-12H2,1H3,(H,26,27)/t14-,16-,17+/m1/s1. The molecule has 0 aromatic carbocycles. The molecule has 2 bridgehead atoms. The van der Waals surface area contributed by atoms with Crippen LogP contribution in [0.4, 0.5) is 0 Å². The van der Waals surface area contributed by atoms with Crippen molar-refractivity contribution in [1.82, 2.24) is 19.9 Å². The summed E-state index contributed by atoms with van der Waals surface area (Å²) < 4.78 is 7.00. The normalized spacial score (nSPS) is 30.5. The minimum atomic E-state index is -0.982. The molecule has 1 amide bonds. The average Bonchev–Trinajstić information content (AvgIpc) is 3.15. The zero-order chi connectivity index (χ0) is 19.7. The molecule has 154 valence electrons. The highest BCUT2D eigenvalue weighted by Gasteiger charge is 2.47. The van der Waals surface area contributed by atoms with Gasteiger partial charge < -0.3 is 24.4 Å². The van der Waals surface area contributed by atoms with Crippen LogP contribution in [0.2, 0.25) is 0 Å². The number of hydrogen-bond acceptors (Lipinski definition) is 6. The highest BCUT2D eigenvalue weighted by molar-refractivity contribution is 5.80. The monoisotopic (exact) mass is 391 g/mol. The van der Waals surface area contributed by atoms with Gasteiger partial charge in [-0.1, -0.05) is 5.21 Å². The molecule has 9 nitrogen and oxygen atoms in total. The van der Waals surface area contributed by atoms with Crippen molar-refractivity contribution in [3.8, 4) is 0 Å². The number of nitrogens with zero attached hydrogens (tertiary/aromatic N) is 4. The summed E-state index contributed by atoms with van der Waals surface area (Å²) in [5.41, 5.74) is 0.835. The fourth-order valence-corrected chi connectivity index (χ4v) is 5.24. The van der Waals surface area contributed by atoms with E-state index in [0.29, 0.717) is 44.5 Å². The largest absolute Gasteiger partial charge is 0.550 e. The van der Waals surface area contributed by atoms with Crippen molar-refractivity contribution in [2.24, 2.45) is 17.8 Å². The van der Waals surface area contributed by atoms with E-state index < -0.39 is 11.9 Å². The Hall–Kier alpha value is -2.00. The van der Waals surface area contributed by atoms with E-state index in [1.807, 2.05) is 15.8 Å². The molecule has 28 heavy (non-hydrogen) atoms. The SMILES string of the molecule is COCc1cn(C[C@H]2C[C@H]3CC[NH+]2C[C@@H]3C(=O)N2CCC(C(=O)[O-])CC2)nn1. The van der Waals surface area contributed by atoms with Crippen molar-refractivity contribution in [3.63, 3.8) is 0 Å². The Balaban J connectivity index is 1.33. The average molecular weight is 391 g/mol. The molecule has 1 unspecified atom stereocenters. The Morgan fingerprint density at radius 2 is 2.11 bits per heavy atom. The minimum Gasteiger partial charge on any atom is -0.550 e. The maximum Gasteiger partial charge on any atom is 0.231 e. The van der Waals surface area contributed by atoms with Crippen LogP contribution in [0.1, 0.15) is 31.4 Å². The van der Waals surface area contributed by atoms with Gasteiger partial charge in [0.1, 0.15) is 11.7 Å². The lowest BCUT2D eigenvalue weighted by Crippen LogP contribution is -3.20. The zero-order valence-electron chi connectivity index (χ0n) is 16.4. The van der Waals surface area contributed by atoms with Crippen LogP contribution in [0.5, 0.6) is 0 Å². The number of carbonyl (C=O) groups excluding carboxylic acids is 2. The molecule has 0 spiro atoms. The van der Waals surface area contributed by atoms with Gasteiger partial charge in [-0.2, -0.15) is 0 Å². The third-order valence-corrected chi connectivity index (χ3v) is 6.79. The van der Waals surface area contributed by atoms with Gasteiger partial charge in [-0.25, -0.2) is 4.68 Å². The Morgan fingerprint density at radius 1 is 1.32 bits per heavy atom. The fraction of sp³-hybridized carbons (Fsp3) is 0.789. The topological polar surface area (TPSA) is 105 Å². The van der Waals surface area contributed by atoms with E-state index in [1.165, 1.54) is 4.90 Å². The molecule has 5 rings (SSSR count). The molecule has 9 heteroatoms. The molecule has 5 heterocycles. The van der Waals surface area contributed by atoms with Crippen LogP contribution in [0, 0.1) is 17.8 Å². The Kier molecular flexibility index (Phi) is 5.63. The number of quaternary nitrogens is 1. The van der Waals surface area contributed by atoms with Crippen LogP contribution in [0.25, 0.3) is 0 Å². The lowest BCUT2D eigenvalue weighted by Gasteiger charge is -2.47. The molecule has 0 radical (unpaired) electrons. The first-order valence-electron chi connectivity index (χ1n) is 10.3. The van der Waals surface area contributed by atoms with Crippen molar-refractivity contribution in [2.75, 3.05) is 33.3 Å². The molecule has 1 N–H and O–H groups in total. The number of ether oxygens (including phenoxy) is 1. The van der Waals surface area contributed by atoms with Crippen LogP contribution in [0.3, 0.4) is 0 Å². The Morgan fingerprint density at radius 3 is 2.75 bits per heavy atom. The van der Waals surface area contributed by atoms with Crippen molar-refractivity contribution in [3.05, 3.63) is 11.9 Å². The van der Waals surface area contributed by atoms with Crippen molar-refractivity contribution >= 4 is 11.9 Å². The minimum absolute atomic E-state index is 0.0688. The predicted molar refractivity (Wildman–Crippen MR) is 95.7 cm³/mol. The van der Waals surface area contributed by atoms with E-state index in [2.05, 4.69) is 10.3 Å². The maximum absolute atomic E-state index is 13.1. The van der Waals surface area contributed by atoms with Gasteiger partial charge in [0.2, 0.25) is 5.91 Å². The molecule has 4 aliphatic heterocycles. The summed E-state index contributed by atoms with van der Waals surface area (Å²) in [5.74, 6) is -0.684. The Labute approximate surface area is 164 Å². The molecule has 0 saturated carbocycles. The second kappa shape index (κ2) is 8.16. The molecule has 0 aliphatic carbocycles. The zero-order valence-corrected chi connectivity index (χ0v) is 16.4. The molecule has 4 aliphatic rings. The molecule has 1 aromatic heterocycles. The van der Waals surface area contributed by atoms with E-state index in [9.17, 15) is 14.7 Å². The van der Waals surface area contributed by atoms with Gasteiger partial charge in [-0.15, -0.1) is 5.10 Å². The highest BCUT2D eigenvalue weighted by atomic mass is 16.5. The van der Waals surface area contributed by atoms with Crippen LogP contribution < -0.4 is 10.0 Å². The first-order valence-corrected chi connectivity index (χ1v) is 10.3. The van der Waals surface area contributed by atoms with Crippen LogP contribution in [-0.4, -0.2) is 71.1 Å². The number of aromatic nitrogens is 3. The third-order valence-electron chi connectivity index (χ3n) is 6.79. The lowest BCUT2D eigenvalue weighted by molar-refractivity contribution is -0.945. The van der Waals surface area contributed by atoms with Crippen LogP contribution in [0.15, 0.2) is 6.20 Å². The molecule has 4 fully saturated rings.